The molecule has 0 aromatic heterocycles. The SMILES string of the molecule is O=C(c1ccc(C(F)(F)F)c(F)c1F)C(F)(F)Cl. The van der Waals surface area contributed by atoms with Gasteiger partial charge in [-0.1, -0.05) is 0 Å². The van der Waals surface area contributed by atoms with Crippen molar-refractivity contribution in [3.05, 3.63) is 34.9 Å². The van der Waals surface area contributed by atoms with E-state index >= 15 is 0 Å². The van der Waals surface area contributed by atoms with Crippen LogP contribution in [0.25, 0.3) is 0 Å². The van der Waals surface area contributed by atoms with Crippen molar-refractivity contribution < 1.29 is 35.5 Å². The van der Waals surface area contributed by atoms with Crippen LogP contribution in [0.1, 0.15) is 15.9 Å². The van der Waals surface area contributed by atoms with Gasteiger partial charge in [-0.05, 0) is 23.7 Å². The number of hydrogen-bond donors (Lipinski definition) is 0. The molecule has 18 heavy (non-hydrogen) atoms. The summed E-state index contributed by atoms with van der Waals surface area (Å²) in [4.78, 5) is 10.8. The third-order valence-corrected chi connectivity index (χ3v) is 2.06. The number of hydrogen-bond acceptors (Lipinski definition) is 1. The first-order valence-electron chi connectivity index (χ1n) is 4.13. The molecule has 9 heteroatoms. The lowest BCUT2D eigenvalue weighted by molar-refractivity contribution is -0.140. The summed E-state index contributed by atoms with van der Waals surface area (Å²) in [6.07, 6.45) is -5.21. The molecule has 0 aliphatic carbocycles. The lowest BCUT2D eigenvalue weighted by Gasteiger charge is -2.12. The zero-order valence-electron chi connectivity index (χ0n) is 8.09. The number of benzene rings is 1. The van der Waals surface area contributed by atoms with Crippen LogP contribution >= 0.6 is 11.6 Å². The Labute approximate surface area is 100 Å². The summed E-state index contributed by atoms with van der Waals surface area (Å²) in [7, 11) is 0. The van der Waals surface area contributed by atoms with Crippen molar-refractivity contribution in [3.63, 3.8) is 0 Å². The molecule has 1 aromatic carbocycles. The van der Waals surface area contributed by atoms with Crippen LogP contribution in [0.2, 0.25) is 0 Å². The van der Waals surface area contributed by atoms with E-state index in [9.17, 15) is 35.5 Å². The Kier molecular flexibility index (Phi) is 3.62. The molecule has 0 amide bonds. The third-order valence-electron chi connectivity index (χ3n) is 1.89. The zero-order chi connectivity index (χ0) is 14.3. The van der Waals surface area contributed by atoms with E-state index in [0.29, 0.717) is 0 Å². The molecule has 0 aliphatic rings. The minimum Gasteiger partial charge on any atom is -0.286 e. The summed E-state index contributed by atoms with van der Waals surface area (Å²) >= 11 is 4.28. The van der Waals surface area contributed by atoms with E-state index in [-0.39, 0.29) is 12.1 Å². The van der Waals surface area contributed by atoms with Gasteiger partial charge in [-0.2, -0.15) is 22.0 Å². The molecular formula is C9H2ClF7O. The van der Waals surface area contributed by atoms with Gasteiger partial charge in [0, 0.05) is 0 Å². The van der Waals surface area contributed by atoms with Crippen LogP contribution in [-0.4, -0.2) is 11.2 Å². The van der Waals surface area contributed by atoms with Gasteiger partial charge in [0.05, 0.1) is 11.1 Å². The van der Waals surface area contributed by atoms with E-state index in [0.717, 1.165) is 0 Å². The van der Waals surface area contributed by atoms with Crippen LogP contribution in [0, 0.1) is 11.6 Å². The molecule has 0 fully saturated rings. The lowest BCUT2D eigenvalue weighted by atomic mass is 10.1. The zero-order valence-corrected chi connectivity index (χ0v) is 8.84. The fourth-order valence-corrected chi connectivity index (χ4v) is 1.20. The maximum atomic E-state index is 13.1. The van der Waals surface area contributed by atoms with E-state index in [4.69, 9.17) is 0 Å². The van der Waals surface area contributed by atoms with Crippen LogP contribution in [0.15, 0.2) is 12.1 Å². The number of rotatable bonds is 2. The molecule has 1 nitrogen and oxygen atoms in total. The monoisotopic (exact) mass is 294 g/mol. The van der Waals surface area contributed by atoms with Crippen molar-refractivity contribution in [1.29, 1.82) is 0 Å². The quantitative estimate of drug-likeness (QED) is 0.458. The molecule has 0 saturated heterocycles. The van der Waals surface area contributed by atoms with Crippen molar-refractivity contribution >= 4 is 17.4 Å². The predicted octanol–water partition coefficient (Wildman–Crippen LogP) is 4.00. The third kappa shape index (κ3) is 2.74. The van der Waals surface area contributed by atoms with Gasteiger partial charge < -0.3 is 0 Å². The Morgan fingerprint density at radius 2 is 1.50 bits per heavy atom. The molecule has 1 rings (SSSR count). The smallest absolute Gasteiger partial charge is 0.286 e. The minimum atomic E-state index is -5.21. The number of ketones is 1. The maximum absolute atomic E-state index is 13.1. The van der Waals surface area contributed by atoms with E-state index < -0.39 is 40.1 Å². The fraction of sp³-hybridized carbons (Fsp3) is 0.222. The van der Waals surface area contributed by atoms with Crippen LogP contribution in [0.5, 0.6) is 0 Å². The molecule has 0 radical (unpaired) electrons. The molecule has 0 atom stereocenters. The van der Waals surface area contributed by atoms with E-state index in [1.54, 1.807) is 0 Å². The Bertz CT molecular complexity index is 489. The van der Waals surface area contributed by atoms with Crippen molar-refractivity contribution in [1.82, 2.24) is 0 Å². The highest BCUT2D eigenvalue weighted by Crippen LogP contribution is 2.34. The normalized spacial score (nSPS) is 12.7. The Morgan fingerprint density at radius 1 is 1.00 bits per heavy atom. The van der Waals surface area contributed by atoms with Gasteiger partial charge in [0.15, 0.2) is 11.6 Å². The van der Waals surface area contributed by atoms with Crippen LogP contribution < -0.4 is 0 Å². The van der Waals surface area contributed by atoms with Crippen molar-refractivity contribution in [2.75, 3.05) is 0 Å². The standard InChI is InChI=1S/C9H2ClF7O/c10-8(13,14)7(18)3-1-2-4(9(15,16)17)6(12)5(3)11/h1-2H. The highest BCUT2D eigenvalue weighted by molar-refractivity contribution is 6.35. The van der Waals surface area contributed by atoms with E-state index in [1.165, 1.54) is 0 Å². The second kappa shape index (κ2) is 4.42. The first kappa shape index (κ1) is 14.7. The van der Waals surface area contributed by atoms with Crippen LogP contribution in [0.4, 0.5) is 30.7 Å². The van der Waals surface area contributed by atoms with Gasteiger partial charge in [0.2, 0.25) is 0 Å². The highest BCUT2D eigenvalue weighted by atomic mass is 35.5. The molecule has 0 N–H and O–H groups in total. The molecule has 1 aromatic rings. The molecular weight excluding hydrogens is 293 g/mol. The number of halogens is 8. The second-order valence-electron chi connectivity index (χ2n) is 3.11. The molecule has 0 heterocycles. The van der Waals surface area contributed by atoms with Gasteiger partial charge in [-0.3, -0.25) is 4.79 Å². The second-order valence-corrected chi connectivity index (χ2v) is 3.59. The van der Waals surface area contributed by atoms with Crippen LogP contribution in [0.3, 0.4) is 0 Å². The average molecular weight is 295 g/mol. The highest BCUT2D eigenvalue weighted by Gasteiger charge is 2.41. The molecule has 0 saturated carbocycles. The summed E-state index contributed by atoms with van der Waals surface area (Å²) < 4.78 is 87.2. The molecule has 0 aliphatic heterocycles. The van der Waals surface area contributed by atoms with Gasteiger partial charge >= 0.3 is 11.6 Å². The summed E-state index contributed by atoms with van der Waals surface area (Å²) in [5.74, 6) is -7.08. The molecule has 0 spiro atoms. The predicted molar refractivity (Wildman–Crippen MR) is 46.5 cm³/mol. The molecule has 0 bridgehead atoms. The first-order valence-corrected chi connectivity index (χ1v) is 4.50. The number of alkyl halides is 6. The summed E-state index contributed by atoms with van der Waals surface area (Å²) in [6, 6.07) is 0.0775. The van der Waals surface area contributed by atoms with Gasteiger partial charge in [0.25, 0.3) is 5.78 Å². The summed E-state index contributed by atoms with van der Waals surface area (Å²) in [5.41, 5.74) is -3.56. The van der Waals surface area contributed by atoms with Gasteiger partial charge in [0.1, 0.15) is 0 Å². The van der Waals surface area contributed by atoms with Crippen molar-refractivity contribution in [2.24, 2.45) is 0 Å². The van der Waals surface area contributed by atoms with Crippen LogP contribution in [-0.2, 0) is 6.18 Å². The fourth-order valence-electron chi connectivity index (χ4n) is 1.10. The lowest BCUT2D eigenvalue weighted by Crippen LogP contribution is -2.24. The molecule has 100 valence electrons. The number of carbonyl (C=O) groups excluding carboxylic acids is 1. The van der Waals surface area contributed by atoms with E-state index in [2.05, 4.69) is 11.6 Å². The maximum Gasteiger partial charge on any atom is 0.419 e. The Hall–Kier alpha value is -1.31. The average Bonchev–Trinajstić information content (AvgIpc) is 2.17. The summed E-state index contributed by atoms with van der Waals surface area (Å²) in [5, 5.41) is -4.53. The number of Topliss-reactive ketones (excluding diaryl/α,β-unsaturated/α-hetero) is 1. The minimum absolute atomic E-state index is 0.0196. The molecule has 0 unspecified atom stereocenters. The Balaban J connectivity index is 3.39. The number of carbonyl (C=O) groups is 1. The van der Waals surface area contributed by atoms with Crippen molar-refractivity contribution in [2.45, 2.75) is 11.6 Å². The topological polar surface area (TPSA) is 17.1 Å². The Morgan fingerprint density at radius 3 is 1.89 bits per heavy atom. The van der Waals surface area contributed by atoms with E-state index in [1.807, 2.05) is 0 Å². The van der Waals surface area contributed by atoms with Crippen molar-refractivity contribution in [3.8, 4) is 0 Å². The summed E-state index contributed by atoms with van der Waals surface area (Å²) in [6.45, 7) is 0. The largest absolute Gasteiger partial charge is 0.419 e. The first-order chi connectivity index (χ1) is 7.96. The van der Waals surface area contributed by atoms with Gasteiger partial charge in [-0.25, -0.2) is 8.78 Å². The van der Waals surface area contributed by atoms with Gasteiger partial charge in [-0.15, -0.1) is 0 Å².